The van der Waals surface area contributed by atoms with Crippen LogP contribution in [-0.2, 0) is 23.8 Å². The molecule has 2 aromatic carbocycles. The number of nitrogens with one attached hydrogen (secondary N) is 1. The molecule has 0 spiro atoms. The van der Waals surface area contributed by atoms with Gasteiger partial charge in [-0.1, -0.05) is 84.0 Å². The Morgan fingerprint density at radius 3 is 2.21 bits per heavy atom. The van der Waals surface area contributed by atoms with Gasteiger partial charge < -0.3 is 24.6 Å². The van der Waals surface area contributed by atoms with Gasteiger partial charge in [0.25, 0.3) is 5.91 Å². The normalized spacial score (nSPS) is 20.7. The number of amides is 1. The number of likely N-dealkylation sites (tertiary alicyclic amines) is 1. The Hall–Kier alpha value is -3.91. The second-order valence-corrected chi connectivity index (χ2v) is 13.8. The molecule has 8 nitrogen and oxygen atoms in total. The minimum atomic E-state index is -1.18. The molecule has 4 rings (SSSR count). The minimum Gasteiger partial charge on any atom is -0.496 e. The lowest BCUT2D eigenvalue weighted by atomic mass is 9.72. The van der Waals surface area contributed by atoms with Crippen LogP contribution in [0.4, 0.5) is 0 Å². The summed E-state index contributed by atoms with van der Waals surface area (Å²) in [5, 5.41) is 14.4. The van der Waals surface area contributed by atoms with Gasteiger partial charge in [0, 0.05) is 49.1 Å². The van der Waals surface area contributed by atoms with Crippen molar-refractivity contribution < 1.29 is 19.4 Å². The molecule has 1 amide bonds. The Morgan fingerprint density at radius 2 is 1.65 bits per heavy atom. The second kappa shape index (κ2) is 12.0. The highest BCUT2D eigenvalue weighted by Gasteiger charge is 2.58. The van der Waals surface area contributed by atoms with Crippen LogP contribution >= 0.6 is 0 Å². The smallest absolute Gasteiger partial charge is 0.326 e. The zero-order valence-corrected chi connectivity index (χ0v) is 26.8. The number of carbonyl (C=O) groups is 2. The predicted molar refractivity (Wildman–Crippen MR) is 168 cm³/mol. The van der Waals surface area contributed by atoms with Crippen molar-refractivity contribution in [3.63, 3.8) is 0 Å². The molecular formula is C35H45N3O5. The van der Waals surface area contributed by atoms with Gasteiger partial charge >= 0.3 is 5.97 Å². The molecule has 1 saturated heterocycles. The number of carboxylic acid groups (broad SMARTS) is 1. The van der Waals surface area contributed by atoms with Crippen molar-refractivity contribution in [3.8, 4) is 5.75 Å². The fourth-order valence-electron chi connectivity index (χ4n) is 6.48. The van der Waals surface area contributed by atoms with Gasteiger partial charge in [-0.05, 0) is 34.9 Å². The number of carbonyl (C=O) groups excluding carboxylic acids is 1. The van der Waals surface area contributed by atoms with E-state index in [9.17, 15) is 19.5 Å². The van der Waals surface area contributed by atoms with E-state index < -0.39 is 46.8 Å². The summed E-state index contributed by atoms with van der Waals surface area (Å²) in [6, 6.07) is 13.4. The van der Waals surface area contributed by atoms with Crippen LogP contribution in [0.15, 0.2) is 65.7 Å². The monoisotopic (exact) mass is 587 g/mol. The number of ether oxygens (including phenoxy) is 1. The lowest BCUT2D eigenvalue weighted by Gasteiger charge is -2.35. The van der Waals surface area contributed by atoms with Crippen LogP contribution in [0, 0.1) is 18.3 Å². The average Bonchev–Trinajstić information content (AvgIpc) is 3.29. The summed E-state index contributed by atoms with van der Waals surface area (Å²) >= 11 is 0. The van der Waals surface area contributed by atoms with Gasteiger partial charge in [0.05, 0.1) is 13.2 Å². The molecular weight excluding hydrogens is 542 g/mol. The van der Waals surface area contributed by atoms with Crippen molar-refractivity contribution in [2.75, 3.05) is 7.11 Å². The van der Waals surface area contributed by atoms with Gasteiger partial charge in [0.1, 0.15) is 17.4 Å². The number of nitrogens with zero attached hydrogens (tertiary/aromatic N) is 2. The molecule has 0 unspecified atom stereocenters. The fraction of sp³-hybridized carbons (Fsp3) is 0.457. The van der Waals surface area contributed by atoms with E-state index in [0.717, 1.165) is 22.4 Å². The van der Waals surface area contributed by atoms with E-state index in [-0.39, 0.29) is 11.0 Å². The van der Waals surface area contributed by atoms with Crippen molar-refractivity contribution in [1.82, 2.24) is 14.8 Å². The van der Waals surface area contributed by atoms with E-state index in [1.165, 1.54) is 11.1 Å². The maximum Gasteiger partial charge on any atom is 0.326 e. The number of aryl methyl sites for hydroxylation is 2. The number of pyridine rings is 1. The van der Waals surface area contributed by atoms with E-state index in [4.69, 9.17) is 4.74 Å². The Bertz CT molecular complexity index is 1550. The third kappa shape index (κ3) is 6.39. The topological polar surface area (TPSA) is 101 Å². The Balaban J connectivity index is 1.90. The summed E-state index contributed by atoms with van der Waals surface area (Å²) in [6.07, 6.45) is 3.15. The molecule has 0 radical (unpaired) electrons. The highest BCUT2D eigenvalue weighted by atomic mass is 16.5. The van der Waals surface area contributed by atoms with Crippen molar-refractivity contribution in [2.24, 2.45) is 18.4 Å². The van der Waals surface area contributed by atoms with Crippen LogP contribution in [0.1, 0.15) is 80.2 Å². The van der Waals surface area contributed by atoms with E-state index >= 15 is 0 Å². The van der Waals surface area contributed by atoms with E-state index in [0.29, 0.717) is 12.1 Å². The fourth-order valence-corrected chi connectivity index (χ4v) is 6.48. The summed E-state index contributed by atoms with van der Waals surface area (Å²) in [5.74, 6) is -1.45. The lowest BCUT2D eigenvalue weighted by Crippen LogP contribution is -2.48. The quantitative estimate of drug-likeness (QED) is 0.380. The minimum absolute atomic E-state index is 0.0393. The number of methoxy groups -OCH3 is 1. The molecule has 2 N–H and O–H groups in total. The molecule has 8 heteroatoms. The summed E-state index contributed by atoms with van der Waals surface area (Å²) in [6.45, 7) is 14.5. The van der Waals surface area contributed by atoms with Crippen LogP contribution in [0.25, 0.3) is 0 Å². The van der Waals surface area contributed by atoms with Gasteiger partial charge in [-0.2, -0.15) is 0 Å². The first-order valence-electron chi connectivity index (χ1n) is 14.7. The van der Waals surface area contributed by atoms with Crippen molar-refractivity contribution in [3.05, 3.63) is 99.0 Å². The third-order valence-electron chi connectivity index (χ3n) is 8.53. The van der Waals surface area contributed by atoms with Crippen LogP contribution in [0.3, 0.4) is 0 Å². The lowest BCUT2D eigenvalue weighted by molar-refractivity contribution is -0.144. The summed E-state index contributed by atoms with van der Waals surface area (Å²) in [5.41, 5.74) is 2.28. The van der Waals surface area contributed by atoms with Crippen molar-refractivity contribution in [1.29, 1.82) is 0 Å². The molecule has 3 aromatic rings. The first-order valence-corrected chi connectivity index (χ1v) is 14.7. The van der Waals surface area contributed by atoms with Gasteiger partial charge in [-0.25, -0.2) is 4.79 Å². The first kappa shape index (κ1) is 32.0. The molecule has 0 saturated carbocycles. The van der Waals surface area contributed by atoms with E-state index in [1.807, 2.05) is 57.2 Å². The highest BCUT2D eigenvalue weighted by molar-refractivity contribution is 5.97. The molecule has 1 fully saturated rings. The summed E-state index contributed by atoms with van der Waals surface area (Å²) in [4.78, 5) is 42.3. The molecule has 230 valence electrons. The molecule has 0 bridgehead atoms. The van der Waals surface area contributed by atoms with E-state index in [2.05, 4.69) is 38.2 Å². The number of carboxylic acids is 1. The van der Waals surface area contributed by atoms with Gasteiger partial charge in [-0.3, -0.25) is 9.59 Å². The molecule has 1 aromatic heterocycles. The number of rotatable bonds is 7. The van der Waals surface area contributed by atoms with Gasteiger partial charge in [-0.15, -0.1) is 0 Å². The largest absolute Gasteiger partial charge is 0.496 e. The van der Waals surface area contributed by atoms with Crippen LogP contribution in [0.2, 0.25) is 0 Å². The predicted octanol–water partition coefficient (Wildman–Crippen LogP) is 5.47. The van der Waals surface area contributed by atoms with Gasteiger partial charge in [0.2, 0.25) is 0 Å². The Kier molecular flexibility index (Phi) is 8.93. The highest BCUT2D eigenvalue weighted by Crippen LogP contribution is 2.48. The SMILES string of the molecule is COc1ccc(C(C)(C)C)cc1CN[C@H]1[C@H](C(C)(C)C)[C@@H](C(=O)O)N(C(=O)c2cn(C)cc(C)c2=O)[C@H]1c1ccccc1. The van der Waals surface area contributed by atoms with Crippen molar-refractivity contribution >= 4 is 11.9 Å². The number of hydrogen-bond acceptors (Lipinski definition) is 5. The summed E-state index contributed by atoms with van der Waals surface area (Å²) < 4.78 is 7.38. The van der Waals surface area contributed by atoms with Crippen LogP contribution < -0.4 is 15.5 Å². The maximum absolute atomic E-state index is 14.4. The van der Waals surface area contributed by atoms with Crippen LogP contribution in [0.5, 0.6) is 5.75 Å². The van der Waals surface area contributed by atoms with Crippen LogP contribution in [-0.4, -0.2) is 45.6 Å². The van der Waals surface area contributed by atoms with E-state index in [1.54, 1.807) is 31.8 Å². The third-order valence-corrected chi connectivity index (χ3v) is 8.53. The van der Waals surface area contributed by atoms with Gasteiger partial charge in [0.15, 0.2) is 5.43 Å². The number of aliphatic carboxylic acids is 1. The standard InChI is InChI=1S/C35H45N3O5/c1-21-19-37(8)20-25(31(21)39)32(40)38-29(22-13-11-10-12-14-22)28(27(35(5,6)7)30(38)33(41)42)36-18-23-17-24(34(2,3)4)15-16-26(23)43-9/h10-17,19-20,27-30,36H,18H2,1-9H3,(H,41,42)/t27-,28-,29-,30-/m0/s1. The molecule has 1 aliphatic heterocycles. The molecule has 0 aliphatic carbocycles. The maximum atomic E-state index is 14.4. The average molecular weight is 588 g/mol. The molecule has 43 heavy (non-hydrogen) atoms. The first-order chi connectivity index (χ1) is 20.1. The molecule has 4 atom stereocenters. The summed E-state index contributed by atoms with van der Waals surface area (Å²) in [7, 11) is 3.39. The number of hydrogen-bond donors (Lipinski definition) is 2. The molecule has 1 aliphatic rings. The number of benzene rings is 2. The Morgan fingerprint density at radius 1 is 1.00 bits per heavy atom. The second-order valence-electron chi connectivity index (χ2n) is 13.8. The zero-order chi connectivity index (χ0) is 31.9. The van der Waals surface area contributed by atoms with Crippen molar-refractivity contribution in [2.45, 2.75) is 78.6 Å². The number of aromatic nitrogens is 1. The Labute approximate surface area is 254 Å². The molecule has 2 heterocycles. The zero-order valence-electron chi connectivity index (χ0n) is 26.8.